The number of imidazole rings is 1. The molecule has 0 bridgehead atoms. The Balaban J connectivity index is 1.89. The van der Waals surface area contributed by atoms with Crippen LogP contribution >= 0.6 is 11.3 Å². The number of amides is 1. The van der Waals surface area contributed by atoms with E-state index >= 15 is 0 Å². The van der Waals surface area contributed by atoms with Crippen molar-refractivity contribution in [2.45, 2.75) is 45.0 Å². The molecule has 0 saturated carbocycles. The Kier molecular flexibility index (Phi) is 5.14. The molecule has 6 nitrogen and oxygen atoms in total. The molecule has 2 aromatic heterocycles. The summed E-state index contributed by atoms with van der Waals surface area (Å²) in [7, 11) is 1.43. The van der Waals surface area contributed by atoms with Gasteiger partial charge in [0.25, 0.3) is 0 Å². The van der Waals surface area contributed by atoms with Crippen molar-refractivity contribution in [1.82, 2.24) is 19.5 Å². The minimum atomic E-state index is -4.72. The number of aromatic nitrogens is 3. The number of ether oxygens (including phenoxy) is 1. The third-order valence-corrected chi connectivity index (χ3v) is 5.04. The van der Waals surface area contributed by atoms with Crippen LogP contribution in [0.25, 0.3) is 4.96 Å². The number of carbonyl (C=O) groups excluding carboxylic acids is 1. The van der Waals surface area contributed by atoms with Crippen LogP contribution in [0.1, 0.15) is 36.2 Å². The average Bonchev–Trinajstić information content (AvgIpc) is 3.12. The smallest absolute Gasteiger partial charge is 0.377 e. The maximum absolute atomic E-state index is 13.4. The first-order valence-electron chi connectivity index (χ1n) is 8.07. The van der Waals surface area contributed by atoms with Gasteiger partial charge in [-0.3, -0.25) is 4.79 Å². The van der Waals surface area contributed by atoms with E-state index in [0.29, 0.717) is 5.01 Å². The maximum Gasteiger partial charge on any atom is 0.435 e. The zero-order chi connectivity index (χ0) is 20.0. The molecule has 3 heterocycles. The van der Waals surface area contributed by atoms with Crippen LogP contribution in [-0.4, -0.2) is 45.0 Å². The van der Waals surface area contributed by atoms with E-state index in [2.05, 4.69) is 10.1 Å². The van der Waals surface area contributed by atoms with E-state index in [9.17, 15) is 26.7 Å². The number of fused-ring (bicyclic) bond motifs is 1. The predicted octanol–water partition coefficient (Wildman–Crippen LogP) is 3.35. The van der Waals surface area contributed by atoms with Gasteiger partial charge < -0.3 is 9.64 Å². The van der Waals surface area contributed by atoms with Crippen molar-refractivity contribution in [2.24, 2.45) is 5.92 Å². The lowest BCUT2D eigenvalue weighted by molar-refractivity contribution is -0.142. The number of alkyl halides is 5. The number of rotatable bonds is 6. The summed E-state index contributed by atoms with van der Waals surface area (Å²) >= 11 is 0.953. The van der Waals surface area contributed by atoms with Crippen LogP contribution in [0.15, 0.2) is 0 Å². The number of methoxy groups -OCH3 is 1. The molecule has 1 amide bonds. The number of halogens is 5. The van der Waals surface area contributed by atoms with E-state index in [1.807, 2.05) is 0 Å². The van der Waals surface area contributed by atoms with Crippen molar-refractivity contribution in [1.29, 1.82) is 0 Å². The van der Waals surface area contributed by atoms with E-state index < -0.39 is 42.6 Å². The fourth-order valence-corrected chi connectivity index (χ4v) is 4.10. The molecule has 1 saturated heterocycles. The largest absolute Gasteiger partial charge is 0.435 e. The minimum absolute atomic E-state index is 0.0259. The third kappa shape index (κ3) is 4.37. The topological polar surface area (TPSA) is 59.7 Å². The Bertz CT molecular complexity index is 842. The summed E-state index contributed by atoms with van der Waals surface area (Å²) in [4.78, 5) is 16.9. The Morgan fingerprint density at radius 1 is 1.30 bits per heavy atom. The summed E-state index contributed by atoms with van der Waals surface area (Å²) < 4.78 is 72.4. The van der Waals surface area contributed by atoms with Crippen LogP contribution < -0.4 is 0 Å². The lowest BCUT2D eigenvalue weighted by Gasteiger charge is -2.18. The summed E-state index contributed by atoms with van der Waals surface area (Å²) in [6.07, 6.45) is -5.32. The van der Waals surface area contributed by atoms with E-state index in [1.165, 1.54) is 7.11 Å². The Hall–Kier alpha value is -1.82. The number of nitrogens with zero attached hydrogens (tertiary/aromatic N) is 4. The lowest BCUT2D eigenvalue weighted by Crippen LogP contribution is -2.27. The van der Waals surface area contributed by atoms with Gasteiger partial charge in [-0.05, 0) is 12.8 Å². The molecule has 0 radical (unpaired) electrons. The maximum atomic E-state index is 13.4. The van der Waals surface area contributed by atoms with Crippen molar-refractivity contribution in [3.63, 3.8) is 0 Å². The Labute approximate surface area is 154 Å². The van der Waals surface area contributed by atoms with Crippen molar-refractivity contribution < 1.29 is 31.5 Å². The van der Waals surface area contributed by atoms with Crippen LogP contribution in [-0.2, 0) is 28.9 Å². The van der Waals surface area contributed by atoms with Gasteiger partial charge >= 0.3 is 6.18 Å². The van der Waals surface area contributed by atoms with Crippen molar-refractivity contribution >= 4 is 22.2 Å². The third-order valence-electron chi connectivity index (χ3n) is 4.16. The molecular weight excluding hydrogens is 395 g/mol. The molecule has 12 heteroatoms. The first-order valence-corrected chi connectivity index (χ1v) is 8.88. The van der Waals surface area contributed by atoms with E-state index in [4.69, 9.17) is 4.74 Å². The van der Waals surface area contributed by atoms with Gasteiger partial charge in [0.2, 0.25) is 16.8 Å². The SMILES string of the molecule is COCc1nn2c(CN3CC(CC(C)(F)F)CC3=O)c(C(F)(F)F)nc2s1. The van der Waals surface area contributed by atoms with Crippen molar-refractivity contribution in [3.8, 4) is 0 Å². The number of hydrogen-bond donors (Lipinski definition) is 0. The first-order chi connectivity index (χ1) is 12.5. The van der Waals surface area contributed by atoms with Crippen LogP contribution in [0.5, 0.6) is 0 Å². The lowest BCUT2D eigenvalue weighted by atomic mass is 10.0. The van der Waals surface area contributed by atoms with E-state index in [1.54, 1.807) is 0 Å². The highest BCUT2D eigenvalue weighted by molar-refractivity contribution is 7.16. The fourth-order valence-electron chi connectivity index (χ4n) is 3.21. The molecule has 1 aliphatic rings. The van der Waals surface area contributed by atoms with Crippen LogP contribution in [0.2, 0.25) is 0 Å². The molecular formula is C15H17F5N4O2S. The molecule has 0 spiro atoms. The summed E-state index contributed by atoms with van der Waals surface area (Å²) in [5.74, 6) is -4.00. The monoisotopic (exact) mass is 412 g/mol. The second-order valence-electron chi connectivity index (χ2n) is 6.65. The van der Waals surface area contributed by atoms with Crippen LogP contribution in [0.4, 0.5) is 22.0 Å². The van der Waals surface area contributed by atoms with Gasteiger partial charge in [-0.1, -0.05) is 11.3 Å². The molecule has 2 aromatic rings. The molecule has 0 aromatic carbocycles. The summed E-state index contributed by atoms with van der Waals surface area (Å²) in [6, 6.07) is 0. The van der Waals surface area contributed by atoms with Crippen LogP contribution in [0.3, 0.4) is 0 Å². The van der Waals surface area contributed by atoms with Gasteiger partial charge in [0.15, 0.2) is 5.69 Å². The normalized spacial score (nSPS) is 18.9. The van der Waals surface area contributed by atoms with Gasteiger partial charge in [-0.15, -0.1) is 0 Å². The molecule has 1 aliphatic heterocycles. The second kappa shape index (κ2) is 6.97. The van der Waals surface area contributed by atoms with Gasteiger partial charge in [-0.2, -0.15) is 18.3 Å². The summed E-state index contributed by atoms with van der Waals surface area (Å²) in [5, 5.41) is 4.51. The van der Waals surface area contributed by atoms with Gasteiger partial charge in [0.05, 0.1) is 18.8 Å². The molecule has 1 unspecified atom stereocenters. The molecule has 3 rings (SSSR count). The van der Waals surface area contributed by atoms with Crippen LogP contribution in [0, 0.1) is 5.92 Å². The zero-order valence-electron chi connectivity index (χ0n) is 14.5. The van der Waals surface area contributed by atoms with Gasteiger partial charge in [-0.25, -0.2) is 18.3 Å². The second-order valence-corrected chi connectivity index (χ2v) is 7.69. The molecule has 0 N–H and O–H groups in total. The summed E-state index contributed by atoms with van der Waals surface area (Å²) in [6.45, 7) is 0.457. The Morgan fingerprint density at radius 3 is 2.59 bits per heavy atom. The number of carbonyl (C=O) groups is 1. The zero-order valence-corrected chi connectivity index (χ0v) is 15.3. The molecule has 0 aliphatic carbocycles. The Morgan fingerprint density at radius 2 is 2.00 bits per heavy atom. The number of likely N-dealkylation sites (tertiary alicyclic amines) is 1. The minimum Gasteiger partial charge on any atom is -0.377 e. The highest BCUT2D eigenvalue weighted by Gasteiger charge is 2.41. The molecule has 1 fully saturated rings. The average molecular weight is 412 g/mol. The molecule has 1 atom stereocenters. The molecule has 150 valence electrons. The van der Waals surface area contributed by atoms with Gasteiger partial charge in [0.1, 0.15) is 5.01 Å². The van der Waals surface area contributed by atoms with E-state index in [-0.39, 0.29) is 30.2 Å². The highest BCUT2D eigenvalue weighted by atomic mass is 32.1. The highest BCUT2D eigenvalue weighted by Crippen LogP contribution is 2.36. The van der Waals surface area contributed by atoms with E-state index in [0.717, 1.165) is 27.7 Å². The quantitative estimate of drug-likeness (QED) is 0.683. The van der Waals surface area contributed by atoms with Crippen molar-refractivity contribution in [3.05, 3.63) is 16.4 Å². The first kappa shape index (κ1) is 19.9. The predicted molar refractivity (Wildman–Crippen MR) is 85.3 cm³/mol. The summed E-state index contributed by atoms with van der Waals surface area (Å²) in [5.41, 5.74) is -1.41. The standard InChI is InChI=1S/C15H17F5N4O2S/c1-14(16,17)4-8-3-11(25)23(5-8)6-9-12(15(18,19)20)21-13-24(9)22-10(27-13)7-26-2/h8H,3-7H2,1-2H3. The van der Waals surface area contributed by atoms with Gasteiger partial charge in [0, 0.05) is 26.5 Å². The van der Waals surface area contributed by atoms with Crippen molar-refractivity contribution in [2.75, 3.05) is 13.7 Å². The fraction of sp³-hybridized carbons (Fsp3) is 0.667. The number of hydrogen-bond acceptors (Lipinski definition) is 5. The molecule has 27 heavy (non-hydrogen) atoms.